The summed E-state index contributed by atoms with van der Waals surface area (Å²) in [5.41, 5.74) is 0.714. The molecule has 0 bridgehead atoms. The number of thioether (sulfide) groups is 1. The number of hydrogen-bond donors (Lipinski definition) is 1. The van der Waals surface area contributed by atoms with Crippen LogP contribution in [0.5, 0.6) is 0 Å². The van der Waals surface area contributed by atoms with Crippen LogP contribution in [-0.4, -0.2) is 15.6 Å². The summed E-state index contributed by atoms with van der Waals surface area (Å²) in [6, 6.07) is 6.94. The fourth-order valence-electron chi connectivity index (χ4n) is 0.875. The first-order valence-corrected chi connectivity index (χ1v) is 5.89. The number of benzene rings is 1. The summed E-state index contributed by atoms with van der Waals surface area (Å²) in [5.74, 6) is 0.168. The molecule has 1 aromatic carbocycles. The smallest absolute Gasteiger partial charge is 0.124 e. The van der Waals surface area contributed by atoms with E-state index in [1.807, 2.05) is 6.26 Å². The number of halogens is 1. The highest BCUT2D eigenvalue weighted by atomic mass is 35.5. The quantitative estimate of drug-likeness (QED) is 0.484. The number of aliphatic hydroxyl groups excluding tert-OH is 1. The molecule has 0 aromatic heterocycles. The maximum atomic E-state index is 9.63. The van der Waals surface area contributed by atoms with E-state index in [4.69, 9.17) is 23.8 Å². The molecule has 0 saturated heterocycles. The molecule has 1 nitrogen and oxygen atoms in total. The molecule has 0 aliphatic heterocycles. The Bertz CT molecular complexity index is 357. The lowest BCUT2D eigenvalue weighted by Gasteiger charge is -2.00. The van der Waals surface area contributed by atoms with Crippen molar-refractivity contribution in [1.29, 1.82) is 0 Å². The van der Waals surface area contributed by atoms with Crippen LogP contribution in [0, 0.1) is 0 Å². The fraction of sp³-hybridized carbons (Fsp3) is 0.100. The summed E-state index contributed by atoms with van der Waals surface area (Å²) in [7, 11) is 0. The van der Waals surface area contributed by atoms with Crippen LogP contribution in [-0.2, 0) is 0 Å². The van der Waals surface area contributed by atoms with Gasteiger partial charge in [0.25, 0.3) is 0 Å². The third-order valence-corrected chi connectivity index (χ3v) is 2.99. The average molecular weight is 245 g/mol. The summed E-state index contributed by atoms with van der Waals surface area (Å²) in [4.78, 5) is 0. The highest BCUT2D eigenvalue weighted by molar-refractivity contribution is 8.23. The zero-order chi connectivity index (χ0) is 10.6. The first kappa shape index (κ1) is 11.6. The van der Waals surface area contributed by atoms with E-state index in [1.165, 1.54) is 11.8 Å². The topological polar surface area (TPSA) is 20.2 Å². The van der Waals surface area contributed by atoms with Crippen molar-refractivity contribution in [2.45, 2.75) is 0 Å². The van der Waals surface area contributed by atoms with Gasteiger partial charge < -0.3 is 5.11 Å². The van der Waals surface area contributed by atoms with Crippen LogP contribution in [0.25, 0.3) is 5.76 Å². The molecule has 0 unspecified atom stereocenters. The van der Waals surface area contributed by atoms with E-state index >= 15 is 0 Å². The predicted octanol–water partition coefficient (Wildman–Crippen LogP) is 3.93. The Kier molecular flexibility index (Phi) is 4.45. The number of thiocarbonyl (C=S) groups is 1. The minimum Gasteiger partial charge on any atom is -0.507 e. The standard InChI is InChI=1S/C10H9ClOS2/c1-14-10(13)6-9(12)7-2-4-8(11)5-3-7/h2-6,12H,1H3/b9-6-. The van der Waals surface area contributed by atoms with E-state index in [0.29, 0.717) is 14.8 Å². The summed E-state index contributed by atoms with van der Waals surface area (Å²) in [6.07, 6.45) is 3.43. The summed E-state index contributed by atoms with van der Waals surface area (Å²) < 4.78 is 0.650. The Morgan fingerprint density at radius 2 is 2.00 bits per heavy atom. The van der Waals surface area contributed by atoms with E-state index in [2.05, 4.69) is 0 Å². The number of hydrogen-bond acceptors (Lipinski definition) is 3. The first-order chi connectivity index (χ1) is 6.63. The van der Waals surface area contributed by atoms with Gasteiger partial charge in [-0.05, 0) is 30.5 Å². The zero-order valence-electron chi connectivity index (χ0n) is 7.53. The van der Waals surface area contributed by atoms with Crippen LogP contribution >= 0.6 is 35.6 Å². The van der Waals surface area contributed by atoms with Crippen molar-refractivity contribution in [2.75, 3.05) is 6.26 Å². The van der Waals surface area contributed by atoms with Gasteiger partial charge in [0.1, 0.15) is 5.76 Å². The fourth-order valence-corrected chi connectivity index (χ4v) is 1.34. The van der Waals surface area contributed by atoms with Crippen molar-refractivity contribution in [1.82, 2.24) is 0 Å². The maximum absolute atomic E-state index is 9.63. The second-order valence-electron chi connectivity index (χ2n) is 2.56. The molecule has 0 amide bonds. The molecular formula is C10H9ClOS2. The first-order valence-electron chi connectivity index (χ1n) is 3.88. The Hall–Kier alpha value is -0.510. The average Bonchev–Trinajstić information content (AvgIpc) is 2.18. The Morgan fingerprint density at radius 1 is 1.43 bits per heavy atom. The van der Waals surface area contributed by atoms with Gasteiger partial charge in [-0.1, -0.05) is 23.8 Å². The zero-order valence-corrected chi connectivity index (χ0v) is 9.92. The van der Waals surface area contributed by atoms with E-state index in [9.17, 15) is 5.11 Å². The van der Waals surface area contributed by atoms with Crippen LogP contribution in [0.4, 0.5) is 0 Å². The van der Waals surface area contributed by atoms with Gasteiger partial charge in [0.2, 0.25) is 0 Å². The molecule has 0 aliphatic carbocycles. The molecule has 1 rings (SSSR count). The van der Waals surface area contributed by atoms with Crippen molar-refractivity contribution in [3.8, 4) is 0 Å². The van der Waals surface area contributed by atoms with Gasteiger partial charge in [-0.15, -0.1) is 11.8 Å². The second kappa shape index (κ2) is 5.39. The van der Waals surface area contributed by atoms with Crippen molar-refractivity contribution in [2.24, 2.45) is 0 Å². The van der Waals surface area contributed by atoms with Gasteiger partial charge in [0, 0.05) is 16.7 Å². The molecule has 0 heterocycles. The second-order valence-corrected chi connectivity index (χ2v) is 4.54. The molecule has 0 atom stereocenters. The maximum Gasteiger partial charge on any atom is 0.124 e. The number of rotatable bonds is 2. The Morgan fingerprint density at radius 3 is 2.50 bits per heavy atom. The molecular weight excluding hydrogens is 236 g/mol. The van der Waals surface area contributed by atoms with Crippen molar-refractivity contribution in [3.63, 3.8) is 0 Å². The van der Waals surface area contributed by atoms with Crippen LogP contribution in [0.2, 0.25) is 5.02 Å². The third-order valence-electron chi connectivity index (χ3n) is 1.60. The normalized spacial score (nSPS) is 11.4. The molecule has 0 radical (unpaired) electrons. The van der Waals surface area contributed by atoms with E-state index in [-0.39, 0.29) is 5.76 Å². The van der Waals surface area contributed by atoms with Gasteiger partial charge in [-0.2, -0.15) is 0 Å². The highest BCUT2D eigenvalue weighted by Gasteiger charge is 1.99. The Labute approximate surface area is 97.8 Å². The SMILES string of the molecule is CSC(=S)/C=C(\O)c1ccc(Cl)cc1. The van der Waals surface area contributed by atoms with Gasteiger partial charge in [-0.3, -0.25) is 0 Å². The Balaban J connectivity index is 2.89. The third kappa shape index (κ3) is 3.33. The molecule has 0 fully saturated rings. The van der Waals surface area contributed by atoms with E-state index < -0.39 is 0 Å². The van der Waals surface area contributed by atoms with E-state index in [0.717, 1.165) is 0 Å². The minimum absolute atomic E-state index is 0.168. The van der Waals surface area contributed by atoms with Gasteiger partial charge in [-0.25, -0.2) is 0 Å². The van der Waals surface area contributed by atoms with Gasteiger partial charge in [0.15, 0.2) is 0 Å². The van der Waals surface area contributed by atoms with Crippen LogP contribution in [0.3, 0.4) is 0 Å². The lowest BCUT2D eigenvalue weighted by Crippen LogP contribution is -1.86. The molecule has 74 valence electrons. The van der Waals surface area contributed by atoms with Gasteiger partial charge >= 0.3 is 0 Å². The van der Waals surface area contributed by atoms with Crippen LogP contribution in [0.1, 0.15) is 5.56 Å². The molecule has 0 saturated carbocycles. The number of aliphatic hydroxyl groups is 1. The molecule has 0 spiro atoms. The van der Waals surface area contributed by atoms with Crippen LogP contribution < -0.4 is 0 Å². The van der Waals surface area contributed by atoms with Crippen molar-refractivity contribution >= 4 is 45.5 Å². The minimum atomic E-state index is 0.168. The van der Waals surface area contributed by atoms with Crippen molar-refractivity contribution in [3.05, 3.63) is 40.9 Å². The molecule has 4 heteroatoms. The largest absolute Gasteiger partial charge is 0.507 e. The molecule has 1 N–H and O–H groups in total. The van der Waals surface area contributed by atoms with Gasteiger partial charge in [0.05, 0.1) is 4.20 Å². The summed E-state index contributed by atoms with van der Waals surface area (Å²) in [5, 5.41) is 10.3. The molecule has 0 aliphatic rings. The van der Waals surface area contributed by atoms with Crippen molar-refractivity contribution < 1.29 is 5.11 Å². The summed E-state index contributed by atoms with van der Waals surface area (Å²) >= 11 is 12.1. The van der Waals surface area contributed by atoms with E-state index in [1.54, 1.807) is 30.3 Å². The lowest BCUT2D eigenvalue weighted by atomic mass is 10.2. The monoisotopic (exact) mass is 244 g/mol. The summed E-state index contributed by atoms with van der Waals surface area (Å²) in [6.45, 7) is 0. The highest BCUT2D eigenvalue weighted by Crippen LogP contribution is 2.16. The lowest BCUT2D eigenvalue weighted by molar-refractivity contribution is 0.512. The predicted molar refractivity (Wildman–Crippen MR) is 68.2 cm³/mol. The molecule has 14 heavy (non-hydrogen) atoms. The molecule has 1 aromatic rings. The van der Waals surface area contributed by atoms with Crippen LogP contribution in [0.15, 0.2) is 30.3 Å².